The fourth-order valence-electron chi connectivity index (χ4n) is 2.61. The predicted molar refractivity (Wildman–Crippen MR) is 120 cm³/mol. The van der Waals surface area contributed by atoms with E-state index in [1.807, 2.05) is 6.92 Å². The number of allylic oxidation sites excluding steroid dienone is 1. The molecule has 4 nitrogen and oxygen atoms in total. The SMILES string of the molecule is CC(=CC[C@H](O[Si](C)(C)C(C)(C)C)C(F)=Cc1coc(C)n1)CCC[C@H](C)C=O. The highest BCUT2D eigenvalue weighted by atomic mass is 28.4. The Kier molecular flexibility index (Phi) is 9.69. The Balaban J connectivity index is 2.94. The Bertz CT molecular complexity index is 716. The van der Waals surface area contributed by atoms with Crippen LogP contribution in [0, 0.1) is 12.8 Å². The fraction of sp³-hybridized carbons (Fsp3) is 0.652. The molecule has 0 amide bonds. The van der Waals surface area contributed by atoms with Crippen molar-refractivity contribution in [1.82, 2.24) is 4.98 Å². The van der Waals surface area contributed by atoms with Crippen LogP contribution in [0.1, 0.15) is 71.9 Å². The maximum Gasteiger partial charge on any atom is 0.193 e. The van der Waals surface area contributed by atoms with Gasteiger partial charge >= 0.3 is 0 Å². The van der Waals surface area contributed by atoms with Crippen molar-refractivity contribution in [3.8, 4) is 0 Å². The molecule has 0 aliphatic carbocycles. The van der Waals surface area contributed by atoms with Gasteiger partial charge in [-0.3, -0.25) is 0 Å². The van der Waals surface area contributed by atoms with Gasteiger partial charge in [-0.05, 0) is 50.7 Å². The van der Waals surface area contributed by atoms with Crippen LogP contribution in [-0.4, -0.2) is 25.7 Å². The molecule has 1 heterocycles. The number of carbonyl (C=O) groups is 1. The highest BCUT2D eigenvalue weighted by Crippen LogP contribution is 2.39. The summed E-state index contributed by atoms with van der Waals surface area (Å²) in [6.07, 6.45) is 8.47. The summed E-state index contributed by atoms with van der Waals surface area (Å²) in [7, 11) is -2.15. The van der Waals surface area contributed by atoms with Crippen LogP contribution in [0.2, 0.25) is 18.1 Å². The molecular formula is C23H38FNO3Si. The number of hydrogen-bond acceptors (Lipinski definition) is 4. The second-order valence-electron chi connectivity index (χ2n) is 9.48. The zero-order chi connectivity index (χ0) is 22.2. The second-order valence-corrected chi connectivity index (χ2v) is 14.2. The third-order valence-electron chi connectivity index (χ3n) is 5.62. The largest absolute Gasteiger partial charge is 0.449 e. The molecule has 0 aliphatic rings. The molecule has 2 atom stereocenters. The molecule has 0 radical (unpaired) electrons. The Morgan fingerprint density at radius 1 is 1.38 bits per heavy atom. The summed E-state index contributed by atoms with van der Waals surface area (Å²) in [6.45, 7) is 16.4. The molecule has 0 aromatic carbocycles. The quantitative estimate of drug-likeness (QED) is 0.218. The summed E-state index contributed by atoms with van der Waals surface area (Å²) in [5, 5.41) is -0.0142. The van der Waals surface area contributed by atoms with Crippen LogP contribution >= 0.6 is 0 Å². The van der Waals surface area contributed by atoms with Gasteiger partial charge in [-0.25, -0.2) is 9.37 Å². The first-order chi connectivity index (χ1) is 13.4. The molecule has 1 aromatic heterocycles. The molecule has 0 saturated heterocycles. The van der Waals surface area contributed by atoms with Crippen molar-refractivity contribution in [2.45, 2.75) is 91.5 Å². The molecule has 0 unspecified atom stereocenters. The average Bonchev–Trinajstić information content (AvgIpc) is 3.01. The van der Waals surface area contributed by atoms with Gasteiger partial charge in [0.15, 0.2) is 14.2 Å². The first-order valence-electron chi connectivity index (χ1n) is 10.4. The normalized spacial score (nSPS) is 16.0. The standard InChI is InChI=1S/C23H38FNO3Si/c1-17(10-9-11-18(2)15-26)12-13-22(28-29(7,8)23(4,5)6)21(24)14-20-16-27-19(3)25-20/h12,14-16,18,22H,9-11,13H2,1-8H3/t18-,22-/m0/s1. The topological polar surface area (TPSA) is 52.3 Å². The molecule has 0 N–H and O–H groups in total. The van der Waals surface area contributed by atoms with Crippen molar-refractivity contribution in [1.29, 1.82) is 0 Å². The lowest BCUT2D eigenvalue weighted by Gasteiger charge is -2.38. The lowest BCUT2D eigenvalue weighted by molar-refractivity contribution is -0.110. The van der Waals surface area contributed by atoms with Crippen molar-refractivity contribution in [2.24, 2.45) is 5.92 Å². The average molecular weight is 424 g/mol. The molecule has 0 bridgehead atoms. The number of halogens is 1. The minimum absolute atomic E-state index is 0.0142. The molecule has 29 heavy (non-hydrogen) atoms. The van der Waals surface area contributed by atoms with E-state index in [1.54, 1.807) is 6.92 Å². The van der Waals surface area contributed by atoms with Crippen LogP contribution in [0.4, 0.5) is 4.39 Å². The number of hydrogen-bond donors (Lipinski definition) is 0. The summed E-state index contributed by atoms with van der Waals surface area (Å²) in [4.78, 5) is 14.9. The second kappa shape index (κ2) is 11.0. The lowest BCUT2D eigenvalue weighted by atomic mass is 10.0. The highest BCUT2D eigenvalue weighted by Gasteiger charge is 2.39. The van der Waals surface area contributed by atoms with Crippen LogP contribution in [-0.2, 0) is 9.22 Å². The van der Waals surface area contributed by atoms with E-state index in [9.17, 15) is 4.79 Å². The third-order valence-corrected chi connectivity index (χ3v) is 10.1. The van der Waals surface area contributed by atoms with Crippen LogP contribution in [0.15, 0.2) is 28.2 Å². The van der Waals surface area contributed by atoms with Gasteiger partial charge in [-0.1, -0.05) is 39.3 Å². The maximum absolute atomic E-state index is 15.1. The number of rotatable bonds is 11. The summed E-state index contributed by atoms with van der Waals surface area (Å²) in [5.41, 5.74) is 1.66. The van der Waals surface area contributed by atoms with Gasteiger partial charge in [0.1, 0.15) is 30.2 Å². The van der Waals surface area contributed by atoms with E-state index >= 15 is 4.39 Å². The van der Waals surface area contributed by atoms with Crippen molar-refractivity contribution < 1.29 is 18.0 Å². The van der Waals surface area contributed by atoms with Crippen molar-refractivity contribution >= 4 is 20.7 Å². The monoisotopic (exact) mass is 423 g/mol. The van der Waals surface area contributed by atoms with Crippen LogP contribution in [0.25, 0.3) is 6.08 Å². The van der Waals surface area contributed by atoms with Gasteiger partial charge in [0, 0.05) is 18.9 Å². The molecule has 164 valence electrons. The third kappa shape index (κ3) is 8.79. The Morgan fingerprint density at radius 3 is 2.55 bits per heavy atom. The van der Waals surface area contributed by atoms with E-state index in [0.29, 0.717) is 18.0 Å². The summed E-state index contributed by atoms with van der Waals surface area (Å²) >= 11 is 0. The number of oxazole rings is 1. The van der Waals surface area contributed by atoms with Gasteiger partial charge in [-0.15, -0.1) is 0 Å². The summed E-state index contributed by atoms with van der Waals surface area (Å²) < 4.78 is 26.7. The number of aryl methyl sites for hydroxylation is 1. The van der Waals surface area contributed by atoms with Crippen LogP contribution in [0.3, 0.4) is 0 Å². The first kappa shape index (κ1) is 25.5. The molecular weight excluding hydrogens is 385 g/mol. The van der Waals surface area contributed by atoms with E-state index < -0.39 is 14.4 Å². The first-order valence-corrected chi connectivity index (χ1v) is 13.3. The molecule has 6 heteroatoms. The highest BCUT2D eigenvalue weighted by molar-refractivity contribution is 6.74. The minimum atomic E-state index is -2.15. The van der Waals surface area contributed by atoms with Gasteiger partial charge in [0.25, 0.3) is 0 Å². The minimum Gasteiger partial charge on any atom is -0.449 e. The van der Waals surface area contributed by atoms with Gasteiger partial charge in [-0.2, -0.15) is 0 Å². The van der Waals surface area contributed by atoms with Crippen molar-refractivity contribution in [3.63, 3.8) is 0 Å². The zero-order valence-electron chi connectivity index (χ0n) is 19.3. The molecule has 0 aliphatic heterocycles. The van der Waals surface area contributed by atoms with Crippen molar-refractivity contribution in [2.75, 3.05) is 0 Å². The smallest absolute Gasteiger partial charge is 0.193 e. The Labute approximate surface area is 176 Å². The van der Waals surface area contributed by atoms with E-state index in [2.05, 4.69) is 51.8 Å². The number of aldehydes is 1. The maximum atomic E-state index is 15.1. The van der Waals surface area contributed by atoms with Crippen LogP contribution < -0.4 is 0 Å². The van der Waals surface area contributed by atoms with E-state index in [-0.39, 0.29) is 16.8 Å². The van der Waals surface area contributed by atoms with Crippen molar-refractivity contribution in [3.05, 3.63) is 35.3 Å². The molecule has 1 rings (SSSR count). The fourth-order valence-corrected chi connectivity index (χ4v) is 3.88. The van der Waals surface area contributed by atoms with Gasteiger partial charge < -0.3 is 13.6 Å². The van der Waals surface area contributed by atoms with Crippen LogP contribution in [0.5, 0.6) is 0 Å². The number of aromatic nitrogens is 1. The molecule has 0 saturated carbocycles. The molecule has 0 spiro atoms. The van der Waals surface area contributed by atoms with E-state index in [4.69, 9.17) is 8.84 Å². The summed E-state index contributed by atoms with van der Waals surface area (Å²) in [5.74, 6) is 0.261. The molecule has 1 aromatic rings. The molecule has 0 fully saturated rings. The van der Waals surface area contributed by atoms with Gasteiger partial charge in [0.2, 0.25) is 0 Å². The number of nitrogens with zero attached hydrogens (tertiary/aromatic N) is 1. The van der Waals surface area contributed by atoms with E-state index in [1.165, 1.54) is 17.9 Å². The van der Waals surface area contributed by atoms with E-state index in [0.717, 1.165) is 25.5 Å². The summed E-state index contributed by atoms with van der Waals surface area (Å²) in [6, 6.07) is 0. The predicted octanol–water partition coefficient (Wildman–Crippen LogP) is 7.03. The Hall–Kier alpha value is -1.53. The number of carbonyl (C=O) groups excluding carboxylic acids is 1. The lowest BCUT2D eigenvalue weighted by Crippen LogP contribution is -2.44. The van der Waals surface area contributed by atoms with Gasteiger partial charge in [0.05, 0.1) is 0 Å². The Morgan fingerprint density at radius 2 is 2.03 bits per heavy atom. The zero-order valence-corrected chi connectivity index (χ0v) is 20.3.